The first-order chi connectivity index (χ1) is 5.13. The number of rotatable bonds is 4. The van der Waals surface area contributed by atoms with Crippen LogP contribution >= 0.6 is 0 Å². The molecule has 0 rings (SSSR count). The third kappa shape index (κ3) is 3.51. The highest BCUT2D eigenvalue weighted by Gasteiger charge is 2.14. The summed E-state index contributed by atoms with van der Waals surface area (Å²) < 4.78 is 12.9. The van der Waals surface area contributed by atoms with Crippen molar-refractivity contribution in [3.05, 3.63) is 11.9 Å². The Kier molecular flexibility index (Phi) is 5.12. The van der Waals surface area contributed by atoms with Gasteiger partial charge in [0.2, 0.25) is 0 Å². The van der Waals surface area contributed by atoms with Crippen molar-refractivity contribution in [2.24, 2.45) is 11.8 Å². The second kappa shape index (κ2) is 5.30. The van der Waals surface area contributed by atoms with E-state index in [-0.39, 0.29) is 18.4 Å². The fraction of sp³-hybridized carbons (Fsp3) is 0.778. The highest BCUT2D eigenvalue weighted by Crippen LogP contribution is 2.23. The minimum Gasteiger partial charge on any atom is -0.392 e. The number of allylic oxidation sites excluding steroid dienone is 1. The Morgan fingerprint density at radius 2 is 2.09 bits per heavy atom. The molecule has 0 heterocycles. The molecule has 0 aliphatic heterocycles. The van der Waals surface area contributed by atoms with E-state index in [1.165, 1.54) is 6.08 Å². The molecule has 66 valence electrons. The van der Waals surface area contributed by atoms with E-state index in [0.717, 1.165) is 6.42 Å². The van der Waals surface area contributed by atoms with E-state index in [9.17, 15) is 4.39 Å². The van der Waals surface area contributed by atoms with Crippen LogP contribution in [0.5, 0.6) is 0 Å². The molecule has 0 fully saturated rings. The molecule has 0 spiro atoms. The SMILES string of the molecule is CCC(C)[C@H](C)/C(F)=C\CO. The van der Waals surface area contributed by atoms with E-state index in [0.29, 0.717) is 5.92 Å². The first kappa shape index (κ1) is 10.6. The lowest BCUT2D eigenvalue weighted by Gasteiger charge is -2.15. The molecule has 1 unspecified atom stereocenters. The highest BCUT2D eigenvalue weighted by atomic mass is 19.1. The Bertz CT molecular complexity index is 132. The summed E-state index contributed by atoms with van der Waals surface area (Å²) in [7, 11) is 0. The number of aliphatic hydroxyl groups excluding tert-OH is 1. The average Bonchev–Trinajstić information content (AvgIpc) is 2.02. The summed E-state index contributed by atoms with van der Waals surface area (Å²) in [6.07, 6.45) is 2.20. The van der Waals surface area contributed by atoms with Gasteiger partial charge in [-0.2, -0.15) is 0 Å². The molecular weight excluding hydrogens is 143 g/mol. The summed E-state index contributed by atoms with van der Waals surface area (Å²) in [6, 6.07) is 0. The Morgan fingerprint density at radius 1 is 1.55 bits per heavy atom. The van der Waals surface area contributed by atoms with E-state index < -0.39 is 0 Å². The summed E-state index contributed by atoms with van der Waals surface area (Å²) in [5, 5.41) is 8.42. The molecule has 0 saturated heterocycles. The van der Waals surface area contributed by atoms with Gasteiger partial charge in [0, 0.05) is 5.92 Å². The number of aliphatic hydroxyl groups is 1. The fourth-order valence-electron chi connectivity index (χ4n) is 0.898. The summed E-state index contributed by atoms with van der Waals surface area (Å²) in [5.74, 6) is 0.0896. The van der Waals surface area contributed by atoms with E-state index in [2.05, 4.69) is 0 Å². The second-order valence-electron chi connectivity index (χ2n) is 2.95. The normalized spacial score (nSPS) is 18.1. The van der Waals surface area contributed by atoms with Crippen LogP contribution in [0, 0.1) is 11.8 Å². The van der Waals surface area contributed by atoms with Crippen LogP contribution in [-0.4, -0.2) is 11.7 Å². The molecule has 0 amide bonds. The van der Waals surface area contributed by atoms with E-state index in [4.69, 9.17) is 5.11 Å². The van der Waals surface area contributed by atoms with Crippen LogP contribution in [0.2, 0.25) is 0 Å². The Labute approximate surface area is 67.9 Å². The van der Waals surface area contributed by atoms with Crippen molar-refractivity contribution in [2.45, 2.75) is 27.2 Å². The standard InChI is InChI=1S/C9H17FO/c1-4-7(2)8(3)9(10)5-6-11/h5,7-8,11H,4,6H2,1-3H3/b9-5+/t7?,8-/m0/s1. The fourth-order valence-corrected chi connectivity index (χ4v) is 0.898. The monoisotopic (exact) mass is 160 g/mol. The molecule has 1 N–H and O–H groups in total. The zero-order chi connectivity index (χ0) is 8.85. The lowest BCUT2D eigenvalue weighted by atomic mass is 9.92. The van der Waals surface area contributed by atoms with Crippen molar-refractivity contribution in [3.8, 4) is 0 Å². The van der Waals surface area contributed by atoms with Crippen LogP contribution in [0.4, 0.5) is 4.39 Å². The molecule has 0 saturated carbocycles. The van der Waals surface area contributed by atoms with Crippen LogP contribution in [0.25, 0.3) is 0 Å². The topological polar surface area (TPSA) is 20.2 Å². The lowest BCUT2D eigenvalue weighted by Crippen LogP contribution is -2.07. The first-order valence-electron chi connectivity index (χ1n) is 4.09. The van der Waals surface area contributed by atoms with Crippen molar-refractivity contribution >= 4 is 0 Å². The van der Waals surface area contributed by atoms with Gasteiger partial charge in [-0.15, -0.1) is 0 Å². The molecule has 0 radical (unpaired) electrons. The van der Waals surface area contributed by atoms with Gasteiger partial charge >= 0.3 is 0 Å². The molecule has 0 bridgehead atoms. The van der Waals surface area contributed by atoms with Crippen molar-refractivity contribution < 1.29 is 9.50 Å². The smallest absolute Gasteiger partial charge is 0.101 e. The van der Waals surface area contributed by atoms with Gasteiger partial charge in [-0.3, -0.25) is 0 Å². The van der Waals surface area contributed by atoms with Gasteiger partial charge in [0.1, 0.15) is 5.83 Å². The molecule has 2 atom stereocenters. The largest absolute Gasteiger partial charge is 0.392 e. The van der Waals surface area contributed by atoms with Crippen molar-refractivity contribution in [2.75, 3.05) is 6.61 Å². The molecule has 0 aliphatic carbocycles. The van der Waals surface area contributed by atoms with E-state index in [1.807, 2.05) is 20.8 Å². The molecule has 0 aromatic carbocycles. The Hall–Kier alpha value is -0.370. The summed E-state index contributed by atoms with van der Waals surface area (Å²) >= 11 is 0. The van der Waals surface area contributed by atoms with Crippen LogP contribution in [0.3, 0.4) is 0 Å². The summed E-state index contributed by atoms with van der Waals surface area (Å²) in [5.41, 5.74) is 0. The molecular formula is C9H17FO. The van der Waals surface area contributed by atoms with Gasteiger partial charge in [0.05, 0.1) is 6.61 Å². The van der Waals surface area contributed by atoms with E-state index >= 15 is 0 Å². The zero-order valence-corrected chi connectivity index (χ0v) is 7.47. The van der Waals surface area contributed by atoms with Gasteiger partial charge in [-0.1, -0.05) is 27.2 Å². The van der Waals surface area contributed by atoms with Crippen LogP contribution in [-0.2, 0) is 0 Å². The minimum atomic E-state index is -0.202. The maximum absolute atomic E-state index is 12.9. The molecule has 11 heavy (non-hydrogen) atoms. The van der Waals surface area contributed by atoms with Gasteiger partial charge < -0.3 is 5.11 Å². The Balaban J connectivity index is 4.00. The van der Waals surface area contributed by atoms with Crippen molar-refractivity contribution in [1.29, 1.82) is 0 Å². The molecule has 1 nitrogen and oxygen atoms in total. The van der Waals surface area contributed by atoms with Crippen LogP contribution < -0.4 is 0 Å². The highest BCUT2D eigenvalue weighted by molar-refractivity contribution is 4.97. The maximum atomic E-state index is 12.9. The van der Waals surface area contributed by atoms with Crippen LogP contribution in [0.1, 0.15) is 27.2 Å². The van der Waals surface area contributed by atoms with Crippen LogP contribution in [0.15, 0.2) is 11.9 Å². The van der Waals surface area contributed by atoms with E-state index in [1.54, 1.807) is 0 Å². The minimum absolute atomic E-state index is 0.0628. The number of hydrogen-bond donors (Lipinski definition) is 1. The quantitative estimate of drug-likeness (QED) is 0.670. The van der Waals surface area contributed by atoms with Gasteiger partial charge in [0.15, 0.2) is 0 Å². The van der Waals surface area contributed by atoms with Crippen molar-refractivity contribution in [3.63, 3.8) is 0 Å². The third-order valence-electron chi connectivity index (χ3n) is 2.22. The molecule has 2 heteroatoms. The van der Waals surface area contributed by atoms with Crippen molar-refractivity contribution in [1.82, 2.24) is 0 Å². The average molecular weight is 160 g/mol. The molecule has 0 aromatic rings. The predicted octanol–water partition coefficient (Wildman–Crippen LogP) is 2.51. The third-order valence-corrected chi connectivity index (χ3v) is 2.22. The Morgan fingerprint density at radius 3 is 2.45 bits per heavy atom. The lowest BCUT2D eigenvalue weighted by molar-refractivity contribution is 0.322. The summed E-state index contributed by atoms with van der Waals surface area (Å²) in [6.45, 7) is 5.69. The van der Waals surface area contributed by atoms with Gasteiger partial charge in [-0.25, -0.2) is 4.39 Å². The predicted molar refractivity (Wildman–Crippen MR) is 44.9 cm³/mol. The molecule has 0 aliphatic rings. The van der Waals surface area contributed by atoms with Gasteiger partial charge in [0.25, 0.3) is 0 Å². The molecule has 0 aromatic heterocycles. The number of halogens is 1. The number of hydrogen-bond acceptors (Lipinski definition) is 1. The van der Waals surface area contributed by atoms with Gasteiger partial charge in [-0.05, 0) is 12.0 Å². The zero-order valence-electron chi connectivity index (χ0n) is 7.47. The first-order valence-corrected chi connectivity index (χ1v) is 4.09. The summed E-state index contributed by atoms with van der Waals surface area (Å²) in [4.78, 5) is 0. The second-order valence-corrected chi connectivity index (χ2v) is 2.95. The maximum Gasteiger partial charge on any atom is 0.101 e.